The summed E-state index contributed by atoms with van der Waals surface area (Å²) in [4.78, 5) is 13.2. The maximum Gasteiger partial charge on any atom is 0.312 e. The SMILES string of the molecule is CC1(C)CC[C@]2(C(=O)O)[C@H](O)C[C@]3(C)C(=CCC4[C@@]5(C)CC[C@H](O[C@@H]6OC[C@H](O)C(O[C@@H]7OC(CO)[C@@H](O)C(O)[C@@H]7O)[C@@H]6O[C@@H]6OC(CO)[C@@H](O)C(O)[C@@H]6O)C(C)(C)C5CC[C@]43C)[C@@H]2C1. The van der Waals surface area contributed by atoms with Gasteiger partial charge >= 0.3 is 5.97 Å². The molecule has 8 rings (SSSR count). The number of hydrogen-bond donors (Lipinski definition) is 11. The first-order valence-corrected chi connectivity index (χ1v) is 23.8. The van der Waals surface area contributed by atoms with E-state index in [-0.39, 0.29) is 40.6 Å². The highest BCUT2D eigenvalue weighted by molar-refractivity contribution is 5.77. The quantitative estimate of drug-likeness (QED) is 0.110. The molecule has 3 saturated heterocycles. The highest BCUT2D eigenvalue weighted by Gasteiger charge is 2.71. The molecule has 8 aliphatic rings. The second-order valence-corrected chi connectivity index (χ2v) is 23.1. The molecule has 65 heavy (non-hydrogen) atoms. The Morgan fingerprint density at radius 2 is 1.26 bits per heavy atom. The Balaban J connectivity index is 1.08. The topological polar surface area (TPSA) is 295 Å². The number of aliphatic hydroxyl groups excluding tert-OH is 10. The van der Waals surface area contributed by atoms with Crippen LogP contribution in [0.15, 0.2) is 11.6 Å². The molecule has 0 spiro atoms. The first-order chi connectivity index (χ1) is 30.3. The number of fused-ring (bicyclic) bond motifs is 7. The van der Waals surface area contributed by atoms with Gasteiger partial charge in [0.05, 0.1) is 32.0 Å². The zero-order chi connectivity index (χ0) is 47.6. The molecule has 372 valence electrons. The fourth-order valence-electron chi connectivity index (χ4n) is 15.0. The smallest absolute Gasteiger partial charge is 0.312 e. The van der Waals surface area contributed by atoms with E-state index >= 15 is 0 Å². The van der Waals surface area contributed by atoms with Crippen LogP contribution in [0.2, 0.25) is 0 Å². The van der Waals surface area contributed by atoms with Crippen LogP contribution in [-0.2, 0) is 33.2 Å². The molecule has 0 amide bonds. The van der Waals surface area contributed by atoms with Gasteiger partial charge in [-0.1, -0.05) is 60.1 Å². The van der Waals surface area contributed by atoms with E-state index in [0.717, 1.165) is 32.1 Å². The average Bonchev–Trinajstić information content (AvgIpc) is 3.23. The Labute approximate surface area is 380 Å². The molecular formula is C47H76O18. The van der Waals surface area contributed by atoms with Crippen molar-refractivity contribution in [2.75, 3.05) is 19.8 Å². The lowest BCUT2D eigenvalue weighted by Gasteiger charge is -2.71. The number of hydrogen-bond acceptors (Lipinski definition) is 17. The Morgan fingerprint density at radius 1 is 0.677 bits per heavy atom. The van der Waals surface area contributed by atoms with E-state index in [1.54, 1.807) is 0 Å². The first-order valence-electron chi connectivity index (χ1n) is 23.8. The van der Waals surface area contributed by atoms with E-state index in [1.807, 2.05) is 0 Å². The van der Waals surface area contributed by atoms with Crippen LogP contribution in [0.4, 0.5) is 0 Å². The van der Waals surface area contributed by atoms with E-state index in [9.17, 15) is 61.0 Å². The minimum atomic E-state index is -1.86. The minimum Gasteiger partial charge on any atom is -0.481 e. The molecule has 5 aliphatic carbocycles. The Bertz CT molecular complexity index is 1770. The highest BCUT2D eigenvalue weighted by Crippen LogP contribution is 2.76. The van der Waals surface area contributed by atoms with Gasteiger partial charge in [0.25, 0.3) is 0 Å². The zero-order valence-electron chi connectivity index (χ0n) is 38.8. The van der Waals surface area contributed by atoms with Crippen molar-refractivity contribution in [3.05, 3.63) is 11.6 Å². The van der Waals surface area contributed by atoms with E-state index in [0.29, 0.717) is 25.7 Å². The Kier molecular flexibility index (Phi) is 13.4. The predicted molar refractivity (Wildman–Crippen MR) is 226 cm³/mol. The number of carboxylic acids is 1. The summed E-state index contributed by atoms with van der Waals surface area (Å²) < 4.78 is 36.8. The number of allylic oxidation sites excluding steroid dienone is 2. The molecule has 18 heteroatoms. The molecule has 3 aliphatic heterocycles. The van der Waals surface area contributed by atoms with Crippen LogP contribution in [0, 0.1) is 50.2 Å². The second kappa shape index (κ2) is 17.5. The van der Waals surface area contributed by atoms with Crippen LogP contribution in [-0.4, -0.2) is 180 Å². The Morgan fingerprint density at radius 3 is 1.83 bits per heavy atom. The fourth-order valence-corrected chi connectivity index (χ4v) is 15.0. The van der Waals surface area contributed by atoms with Gasteiger partial charge < -0.3 is 84.6 Å². The summed E-state index contributed by atoms with van der Waals surface area (Å²) in [5.41, 5.74) is -1.46. The van der Waals surface area contributed by atoms with Gasteiger partial charge in [-0.15, -0.1) is 0 Å². The summed E-state index contributed by atoms with van der Waals surface area (Å²) in [5.74, 6) is -0.850. The summed E-state index contributed by atoms with van der Waals surface area (Å²) in [5, 5.41) is 118. The maximum absolute atomic E-state index is 13.2. The molecule has 0 bridgehead atoms. The molecule has 0 radical (unpaired) electrons. The summed E-state index contributed by atoms with van der Waals surface area (Å²) >= 11 is 0. The zero-order valence-corrected chi connectivity index (χ0v) is 38.8. The summed E-state index contributed by atoms with van der Waals surface area (Å²) in [6.07, 6.45) is -15.7. The van der Waals surface area contributed by atoms with Crippen LogP contribution in [0.1, 0.15) is 106 Å². The summed E-state index contributed by atoms with van der Waals surface area (Å²) in [6.45, 7) is 13.9. The highest BCUT2D eigenvalue weighted by atomic mass is 16.8. The van der Waals surface area contributed by atoms with E-state index < -0.39 is 134 Å². The van der Waals surface area contributed by atoms with Gasteiger partial charge in [-0.3, -0.25) is 4.79 Å². The van der Waals surface area contributed by atoms with E-state index in [4.69, 9.17) is 28.4 Å². The summed E-state index contributed by atoms with van der Waals surface area (Å²) in [6, 6.07) is 0. The largest absolute Gasteiger partial charge is 0.481 e. The van der Waals surface area contributed by atoms with Gasteiger partial charge in [0.15, 0.2) is 18.9 Å². The van der Waals surface area contributed by atoms with Crippen molar-refractivity contribution >= 4 is 5.97 Å². The number of carbonyl (C=O) groups is 1. The van der Waals surface area contributed by atoms with Crippen LogP contribution in [0.3, 0.4) is 0 Å². The molecule has 4 saturated carbocycles. The molecule has 0 aromatic heterocycles. The van der Waals surface area contributed by atoms with Gasteiger partial charge in [-0.05, 0) is 103 Å². The van der Waals surface area contributed by atoms with Gasteiger partial charge in [-0.2, -0.15) is 0 Å². The monoisotopic (exact) mass is 929 g/mol. The van der Waals surface area contributed by atoms with Crippen LogP contribution in [0.25, 0.3) is 0 Å². The number of rotatable bonds is 9. The van der Waals surface area contributed by atoms with Crippen molar-refractivity contribution in [1.82, 2.24) is 0 Å². The average molecular weight is 929 g/mol. The number of aliphatic hydroxyl groups is 10. The maximum atomic E-state index is 13.2. The van der Waals surface area contributed by atoms with Gasteiger partial charge in [0.2, 0.25) is 0 Å². The first kappa shape index (κ1) is 50.0. The van der Waals surface area contributed by atoms with Crippen molar-refractivity contribution in [1.29, 1.82) is 0 Å². The summed E-state index contributed by atoms with van der Waals surface area (Å²) in [7, 11) is 0. The van der Waals surface area contributed by atoms with Crippen LogP contribution < -0.4 is 0 Å². The fraction of sp³-hybridized carbons (Fsp3) is 0.936. The van der Waals surface area contributed by atoms with Gasteiger partial charge in [-0.25, -0.2) is 0 Å². The molecule has 11 N–H and O–H groups in total. The Hall–Kier alpha value is -1.43. The van der Waals surface area contributed by atoms with Crippen molar-refractivity contribution in [2.24, 2.45) is 50.2 Å². The second-order valence-electron chi connectivity index (χ2n) is 23.1. The standard InChI is InChI=1S/C47H76O18/c1-42(2)14-15-47(41(58)59)22(16-42)21-8-9-27-44(5)12-11-29(43(3,4)26(44)10-13-45(27,6)46(21,7)17-28(47)51)63-40-37(65-39-35(57)33(55)31(53)25(19-49)62-39)36(23(50)20-60-40)64-38-34(56)32(54)30(52)24(18-48)61-38/h8,22-40,48-57H,9-20H2,1-7H3,(H,58,59)/t22-,23-,24?,25?,26?,27?,28+,29-,30+,31+,32?,33?,34-,35-,36?,37-,38-,39-,40-,44-,45+,46+,47+/m0/s1. The molecule has 7 fully saturated rings. The van der Waals surface area contributed by atoms with Crippen molar-refractivity contribution in [3.63, 3.8) is 0 Å². The molecule has 18 nitrogen and oxygen atoms in total. The lowest BCUT2D eigenvalue weighted by atomic mass is 9.33. The third kappa shape index (κ3) is 7.71. The normalized spacial score (nSPS) is 54.0. The third-order valence-electron chi connectivity index (χ3n) is 19.0. The van der Waals surface area contributed by atoms with Gasteiger partial charge in [0.1, 0.15) is 72.6 Å². The number of aliphatic carboxylic acids is 1. The van der Waals surface area contributed by atoms with Gasteiger partial charge in [0, 0.05) is 0 Å². The van der Waals surface area contributed by atoms with E-state index in [1.165, 1.54) is 5.57 Å². The van der Waals surface area contributed by atoms with E-state index in [2.05, 4.69) is 54.5 Å². The lowest BCUT2D eigenvalue weighted by Crippen LogP contribution is -2.68. The van der Waals surface area contributed by atoms with Crippen LogP contribution >= 0.6 is 0 Å². The van der Waals surface area contributed by atoms with Crippen molar-refractivity contribution in [3.8, 4) is 0 Å². The van der Waals surface area contributed by atoms with Crippen molar-refractivity contribution in [2.45, 2.75) is 204 Å². The third-order valence-corrected chi connectivity index (χ3v) is 19.0. The predicted octanol–water partition coefficient (Wildman–Crippen LogP) is 0.316. The molecule has 0 aromatic carbocycles. The molecule has 0 aromatic rings. The molecule has 7 unspecified atom stereocenters. The molecule has 3 heterocycles. The van der Waals surface area contributed by atoms with Crippen molar-refractivity contribution < 1.29 is 89.4 Å². The lowest BCUT2D eigenvalue weighted by molar-refractivity contribution is -0.389. The number of ether oxygens (including phenoxy) is 6. The minimum absolute atomic E-state index is 0.0582. The number of carboxylic acid groups (broad SMARTS) is 1. The molecular weight excluding hydrogens is 852 g/mol. The van der Waals surface area contributed by atoms with Crippen LogP contribution in [0.5, 0.6) is 0 Å². The molecule has 23 atom stereocenters.